The zero-order chi connectivity index (χ0) is 15.7. The molecule has 0 saturated carbocycles. The molecule has 1 aliphatic rings. The van der Waals surface area contributed by atoms with Gasteiger partial charge in [-0.05, 0) is 32.2 Å². The lowest BCUT2D eigenvalue weighted by Gasteiger charge is -2.39. The van der Waals surface area contributed by atoms with E-state index in [-0.39, 0.29) is 12.5 Å². The summed E-state index contributed by atoms with van der Waals surface area (Å²) in [7, 11) is 1.63. The van der Waals surface area contributed by atoms with Gasteiger partial charge < -0.3 is 15.2 Å². The van der Waals surface area contributed by atoms with Crippen molar-refractivity contribution in [3.8, 4) is 0 Å². The Morgan fingerprint density at radius 3 is 2.81 bits per heavy atom. The highest BCUT2D eigenvalue weighted by Crippen LogP contribution is 2.34. The van der Waals surface area contributed by atoms with Gasteiger partial charge in [0.25, 0.3) is 0 Å². The van der Waals surface area contributed by atoms with Crippen LogP contribution < -0.4 is 5.32 Å². The van der Waals surface area contributed by atoms with E-state index in [9.17, 15) is 14.7 Å². The van der Waals surface area contributed by atoms with Crippen molar-refractivity contribution >= 4 is 11.9 Å². The number of rotatable bonds is 9. The molecule has 0 aliphatic carbocycles. The number of carbonyl (C=O) groups excluding carboxylic acids is 1. The van der Waals surface area contributed by atoms with Crippen LogP contribution in [0.2, 0.25) is 0 Å². The maximum atomic E-state index is 11.9. The monoisotopic (exact) mass is 300 g/mol. The first-order chi connectivity index (χ1) is 10.0. The first kappa shape index (κ1) is 17.9. The van der Waals surface area contributed by atoms with E-state index >= 15 is 0 Å². The van der Waals surface area contributed by atoms with Crippen LogP contribution in [-0.4, -0.2) is 61.8 Å². The zero-order valence-electron chi connectivity index (χ0n) is 13.2. The van der Waals surface area contributed by atoms with Gasteiger partial charge in [-0.25, -0.2) is 0 Å². The Bertz CT molecular complexity index is 345. The number of methoxy groups -OCH3 is 1. The molecule has 21 heavy (non-hydrogen) atoms. The van der Waals surface area contributed by atoms with Gasteiger partial charge in [-0.15, -0.1) is 0 Å². The molecule has 0 bridgehead atoms. The molecule has 1 aliphatic heterocycles. The number of hydrogen-bond acceptors (Lipinski definition) is 4. The summed E-state index contributed by atoms with van der Waals surface area (Å²) in [4.78, 5) is 25.4. The zero-order valence-corrected chi connectivity index (χ0v) is 13.2. The van der Waals surface area contributed by atoms with E-state index < -0.39 is 11.4 Å². The number of likely N-dealkylation sites (tertiary alicyclic amines) is 1. The van der Waals surface area contributed by atoms with Crippen LogP contribution in [-0.2, 0) is 14.3 Å². The van der Waals surface area contributed by atoms with Crippen LogP contribution in [0.1, 0.15) is 39.0 Å². The molecule has 2 N–H and O–H groups in total. The van der Waals surface area contributed by atoms with Crippen molar-refractivity contribution in [2.24, 2.45) is 5.41 Å². The minimum absolute atomic E-state index is 0.0382. The second kappa shape index (κ2) is 9.00. The maximum absolute atomic E-state index is 11.9. The Kier molecular flexibility index (Phi) is 7.67. The van der Waals surface area contributed by atoms with Crippen LogP contribution in [0.5, 0.6) is 0 Å². The second-order valence-corrected chi connectivity index (χ2v) is 5.85. The van der Waals surface area contributed by atoms with E-state index in [1.807, 2.05) is 11.8 Å². The summed E-state index contributed by atoms with van der Waals surface area (Å²) in [5.74, 6) is -0.765. The minimum Gasteiger partial charge on any atom is -0.481 e. The molecule has 0 spiro atoms. The summed E-state index contributed by atoms with van der Waals surface area (Å²) < 4.78 is 4.93. The number of hydrogen-bond donors (Lipinski definition) is 2. The number of carbonyl (C=O) groups is 2. The quantitative estimate of drug-likeness (QED) is 0.624. The van der Waals surface area contributed by atoms with Crippen LogP contribution in [0.25, 0.3) is 0 Å². The Hall–Kier alpha value is -1.14. The smallest absolute Gasteiger partial charge is 0.310 e. The molecule has 0 aromatic heterocycles. The number of aliphatic carboxylic acids is 1. The summed E-state index contributed by atoms with van der Waals surface area (Å²) in [6.07, 6.45) is 3.86. The number of amides is 1. The van der Waals surface area contributed by atoms with E-state index in [1.54, 1.807) is 7.11 Å². The van der Waals surface area contributed by atoms with Gasteiger partial charge in [0.15, 0.2) is 0 Å². The lowest BCUT2D eigenvalue weighted by Crippen LogP contribution is -2.50. The molecule has 1 saturated heterocycles. The second-order valence-electron chi connectivity index (χ2n) is 5.85. The summed E-state index contributed by atoms with van der Waals surface area (Å²) in [6, 6.07) is 0. The molecule has 122 valence electrons. The number of nitrogens with one attached hydrogen (secondary N) is 1. The lowest BCUT2D eigenvalue weighted by atomic mass is 9.76. The molecule has 0 aromatic rings. The SMILES string of the molecule is CCCC1(C(=O)O)CCCN(CC(=O)NCCCOC)C1. The molecule has 0 aromatic carbocycles. The van der Waals surface area contributed by atoms with Gasteiger partial charge in [0.05, 0.1) is 12.0 Å². The van der Waals surface area contributed by atoms with E-state index in [0.717, 1.165) is 25.8 Å². The van der Waals surface area contributed by atoms with Crippen molar-refractivity contribution in [2.45, 2.75) is 39.0 Å². The molecule has 0 radical (unpaired) electrons. The topological polar surface area (TPSA) is 78.9 Å². The van der Waals surface area contributed by atoms with Crippen molar-refractivity contribution in [3.05, 3.63) is 0 Å². The summed E-state index contributed by atoms with van der Waals surface area (Å²) in [5.41, 5.74) is -0.677. The minimum atomic E-state index is -0.727. The van der Waals surface area contributed by atoms with E-state index in [0.29, 0.717) is 32.5 Å². The number of carboxylic acid groups (broad SMARTS) is 1. The van der Waals surface area contributed by atoms with Crippen molar-refractivity contribution in [1.82, 2.24) is 10.2 Å². The normalized spacial score (nSPS) is 23.0. The molecule has 1 amide bonds. The molecule has 1 fully saturated rings. The fourth-order valence-electron chi connectivity index (χ4n) is 3.03. The molecule has 6 nitrogen and oxygen atoms in total. The number of ether oxygens (including phenoxy) is 1. The molecule has 1 heterocycles. The van der Waals surface area contributed by atoms with Crippen molar-refractivity contribution in [3.63, 3.8) is 0 Å². The van der Waals surface area contributed by atoms with Crippen molar-refractivity contribution in [1.29, 1.82) is 0 Å². The molecule has 1 unspecified atom stereocenters. The molecular formula is C15H28N2O4. The van der Waals surface area contributed by atoms with Crippen LogP contribution in [0.4, 0.5) is 0 Å². The number of piperidine rings is 1. The van der Waals surface area contributed by atoms with Gasteiger partial charge in [0.2, 0.25) is 5.91 Å². The van der Waals surface area contributed by atoms with Gasteiger partial charge in [0, 0.05) is 26.8 Å². The van der Waals surface area contributed by atoms with Crippen LogP contribution in [0, 0.1) is 5.41 Å². The summed E-state index contributed by atoms with van der Waals surface area (Å²) >= 11 is 0. The van der Waals surface area contributed by atoms with Gasteiger partial charge in [-0.2, -0.15) is 0 Å². The highest BCUT2D eigenvalue weighted by atomic mass is 16.5. The van der Waals surface area contributed by atoms with Gasteiger partial charge >= 0.3 is 5.97 Å². The van der Waals surface area contributed by atoms with E-state index in [4.69, 9.17) is 4.74 Å². The van der Waals surface area contributed by atoms with Crippen molar-refractivity contribution in [2.75, 3.05) is 39.9 Å². The predicted molar refractivity (Wildman–Crippen MR) is 80.2 cm³/mol. The third-order valence-electron chi connectivity index (χ3n) is 4.05. The first-order valence-corrected chi connectivity index (χ1v) is 7.75. The Morgan fingerprint density at radius 1 is 1.43 bits per heavy atom. The highest BCUT2D eigenvalue weighted by Gasteiger charge is 2.41. The van der Waals surface area contributed by atoms with Gasteiger partial charge in [-0.1, -0.05) is 13.3 Å². The largest absolute Gasteiger partial charge is 0.481 e. The Morgan fingerprint density at radius 2 is 2.19 bits per heavy atom. The maximum Gasteiger partial charge on any atom is 0.310 e. The van der Waals surface area contributed by atoms with Gasteiger partial charge in [-0.3, -0.25) is 14.5 Å². The molecule has 6 heteroatoms. The average molecular weight is 300 g/mol. The average Bonchev–Trinajstić information content (AvgIpc) is 2.44. The van der Waals surface area contributed by atoms with Crippen LogP contribution >= 0.6 is 0 Å². The third-order valence-corrected chi connectivity index (χ3v) is 4.05. The third kappa shape index (κ3) is 5.63. The van der Waals surface area contributed by atoms with Crippen LogP contribution in [0.15, 0.2) is 0 Å². The summed E-state index contributed by atoms with van der Waals surface area (Å²) in [5, 5.41) is 12.4. The highest BCUT2D eigenvalue weighted by molar-refractivity contribution is 5.78. The molecular weight excluding hydrogens is 272 g/mol. The fraction of sp³-hybridized carbons (Fsp3) is 0.867. The summed E-state index contributed by atoms with van der Waals surface area (Å²) in [6.45, 7) is 4.78. The number of carboxylic acids is 1. The van der Waals surface area contributed by atoms with E-state index in [2.05, 4.69) is 5.32 Å². The lowest BCUT2D eigenvalue weighted by molar-refractivity contribution is -0.154. The fourth-order valence-corrected chi connectivity index (χ4v) is 3.03. The molecule has 1 rings (SSSR count). The first-order valence-electron chi connectivity index (χ1n) is 7.75. The van der Waals surface area contributed by atoms with Crippen LogP contribution in [0.3, 0.4) is 0 Å². The Balaban J connectivity index is 2.44. The standard InChI is InChI=1S/C15H28N2O4/c1-3-6-15(14(19)20)7-4-9-17(12-15)11-13(18)16-8-5-10-21-2/h3-12H2,1-2H3,(H,16,18)(H,19,20). The van der Waals surface area contributed by atoms with E-state index in [1.165, 1.54) is 0 Å². The van der Waals surface area contributed by atoms with Crippen molar-refractivity contribution < 1.29 is 19.4 Å². The number of nitrogens with zero attached hydrogens (tertiary/aromatic N) is 1. The predicted octanol–water partition coefficient (Wildman–Crippen LogP) is 1.11. The van der Waals surface area contributed by atoms with Gasteiger partial charge in [0.1, 0.15) is 0 Å². The molecule has 1 atom stereocenters. The Labute approximate surface area is 126 Å².